The van der Waals surface area contributed by atoms with Crippen molar-refractivity contribution < 1.29 is 4.74 Å². The molecule has 0 radical (unpaired) electrons. The van der Waals surface area contributed by atoms with Crippen LogP contribution < -0.4 is 4.74 Å². The Labute approximate surface area is 156 Å². The molecule has 4 nitrogen and oxygen atoms in total. The number of benzene rings is 2. The molecule has 1 saturated heterocycles. The van der Waals surface area contributed by atoms with E-state index in [1.807, 2.05) is 42.5 Å². The van der Waals surface area contributed by atoms with E-state index in [9.17, 15) is 5.26 Å². The van der Waals surface area contributed by atoms with Gasteiger partial charge in [0.2, 0.25) is 0 Å². The molecule has 136 valence electrons. The van der Waals surface area contributed by atoms with Gasteiger partial charge in [-0.25, -0.2) is 0 Å². The van der Waals surface area contributed by atoms with Gasteiger partial charge in [-0.2, -0.15) is 5.26 Å². The summed E-state index contributed by atoms with van der Waals surface area (Å²) >= 11 is 0. The number of nitriles is 1. The van der Waals surface area contributed by atoms with Crippen LogP contribution in [0.2, 0.25) is 0 Å². The summed E-state index contributed by atoms with van der Waals surface area (Å²) in [7, 11) is 2.17. The van der Waals surface area contributed by atoms with E-state index in [1.54, 1.807) is 0 Å². The zero-order chi connectivity index (χ0) is 18.4. The zero-order valence-corrected chi connectivity index (χ0v) is 15.6. The number of likely N-dealkylation sites (N-methyl/N-ethyl adjacent to an activating group) is 1. The summed E-state index contributed by atoms with van der Waals surface area (Å²) in [5.74, 6) is 0.833. The molecule has 1 aliphatic heterocycles. The van der Waals surface area contributed by atoms with Gasteiger partial charge in [0.05, 0.1) is 6.07 Å². The standard InChI is InChI=1S/C22H27N3O/c1-3-20-16-25(14-13-24(20)2)22(15-23)19-9-11-21(12-10-19)26-17-18-7-5-4-6-8-18/h4-12,20,22H,3,13-14,16-17H2,1-2H3. The second-order valence-electron chi connectivity index (χ2n) is 6.91. The molecule has 0 saturated carbocycles. The van der Waals surface area contributed by atoms with E-state index < -0.39 is 0 Å². The van der Waals surface area contributed by atoms with Gasteiger partial charge in [-0.05, 0) is 36.7 Å². The molecule has 0 aromatic heterocycles. The van der Waals surface area contributed by atoms with Crippen LogP contribution in [0.1, 0.15) is 30.5 Å². The van der Waals surface area contributed by atoms with Crippen LogP contribution in [0.25, 0.3) is 0 Å². The molecule has 1 aliphatic rings. The molecule has 2 aromatic rings. The SMILES string of the molecule is CCC1CN(C(C#N)c2ccc(OCc3ccccc3)cc2)CCN1C. The largest absolute Gasteiger partial charge is 0.489 e. The normalized spacial score (nSPS) is 19.7. The van der Waals surface area contributed by atoms with Gasteiger partial charge in [0.15, 0.2) is 0 Å². The van der Waals surface area contributed by atoms with Gasteiger partial charge in [0, 0.05) is 25.7 Å². The van der Waals surface area contributed by atoms with E-state index in [2.05, 4.69) is 42.0 Å². The van der Waals surface area contributed by atoms with Gasteiger partial charge in [-0.15, -0.1) is 0 Å². The third kappa shape index (κ3) is 4.43. The lowest BCUT2D eigenvalue weighted by molar-refractivity contribution is 0.0773. The molecule has 26 heavy (non-hydrogen) atoms. The minimum atomic E-state index is -0.194. The molecular formula is C22H27N3O. The molecule has 2 aromatic carbocycles. The minimum absolute atomic E-state index is 0.194. The Bertz CT molecular complexity index is 723. The van der Waals surface area contributed by atoms with Crippen LogP contribution in [0.3, 0.4) is 0 Å². The molecule has 4 heteroatoms. The van der Waals surface area contributed by atoms with Gasteiger partial charge in [0.25, 0.3) is 0 Å². The van der Waals surface area contributed by atoms with Crippen molar-refractivity contribution in [2.24, 2.45) is 0 Å². The fourth-order valence-corrected chi connectivity index (χ4v) is 3.50. The summed E-state index contributed by atoms with van der Waals surface area (Å²) in [6, 6.07) is 20.9. The van der Waals surface area contributed by atoms with Gasteiger partial charge in [-0.3, -0.25) is 4.90 Å². The summed E-state index contributed by atoms with van der Waals surface area (Å²) in [5.41, 5.74) is 2.19. The number of piperazine rings is 1. The predicted octanol–water partition coefficient (Wildman–Crippen LogP) is 3.86. The summed E-state index contributed by atoms with van der Waals surface area (Å²) in [6.07, 6.45) is 1.11. The molecule has 0 spiro atoms. The lowest BCUT2D eigenvalue weighted by atomic mass is 10.0. The average molecular weight is 349 g/mol. The van der Waals surface area contributed by atoms with Crippen LogP contribution >= 0.6 is 0 Å². The first-order valence-electron chi connectivity index (χ1n) is 9.32. The first kappa shape index (κ1) is 18.4. The molecule has 0 N–H and O–H groups in total. The van der Waals surface area contributed by atoms with Crippen molar-refractivity contribution in [2.75, 3.05) is 26.7 Å². The molecule has 0 amide bonds. The van der Waals surface area contributed by atoms with Gasteiger partial charge in [0.1, 0.15) is 18.4 Å². The van der Waals surface area contributed by atoms with Crippen molar-refractivity contribution in [3.8, 4) is 11.8 Å². The molecule has 1 fully saturated rings. The fraction of sp³-hybridized carbons (Fsp3) is 0.409. The Morgan fingerprint density at radius 1 is 1.12 bits per heavy atom. The molecule has 0 aliphatic carbocycles. The van der Waals surface area contributed by atoms with Crippen LogP contribution in [0.5, 0.6) is 5.75 Å². The molecule has 2 atom stereocenters. The van der Waals surface area contributed by atoms with E-state index in [0.29, 0.717) is 12.6 Å². The summed E-state index contributed by atoms with van der Waals surface area (Å²) in [6.45, 7) is 5.65. The van der Waals surface area contributed by atoms with Crippen LogP contribution in [-0.4, -0.2) is 42.5 Å². The highest BCUT2D eigenvalue weighted by atomic mass is 16.5. The smallest absolute Gasteiger partial charge is 0.123 e. The summed E-state index contributed by atoms with van der Waals surface area (Å²) in [5, 5.41) is 9.74. The third-order valence-corrected chi connectivity index (χ3v) is 5.21. The van der Waals surface area contributed by atoms with Crippen LogP contribution in [0, 0.1) is 11.3 Å². The Morgan fingerprint density at radius 3 is 2.50 bits per heavy atom. The van der Waals surface area contributed by atoms with E-state index in [1.165, 1.54) is 0 Å². The first-order valence-corrected chi connectivity index (χ1v) is 9.32. The fourth-order valence-electron chi connectivity index (χ4n) is 3.50. The number of ether oxygens (including phenoxy) is 1. The van der Waals surface area contributed by atoms with E-state index in [0.717, 1.165) is 42.9 Å². The quantitative estimate of drug-likeness (QED) is 0.794. The maximum absolute atomic E-state index is 9.74. The van der Waals surface area contributed by atoms with Crippen LogP contribution in [-0.2, 0) is 6.61 Å². The lowest BCUT2D eigenvalue weighted by Crippen LogP contribution is -2.51. The van der Waals surface area contributed by atoms with E-state index in [4.69, 9.17) is 4.74 Å². The average Bonchev–Trinajstić information content (AvgIpc) is 2.70. The highest BCUT2D eigenvalue weighted by molar-refractivity contribution is 5.32. The van der Waals surface area contributed by atoms with Crippen LogP contribution in [0.4, 0.5) is 0 Å². The molecule has 3 rings (SSSR count). The molecular weight excluding hydrogens is 322 g/mol. The van der Waals surface area contributed by atoms with Crippen molar-refractivity contribution in [3.05, 3.63) is 65.7 Å². The predicted molar refractivity (Wildman–Crippen MR) is 104 cm³/mol. The molecule has 0 bridgehead atoms. The molecule has 2 unspecified atom stereocenters. The topological polar surface area (TPSA) is 39.5 Å². The highest BCUT2D eigenvalue weighted by Crippen LogP contribution is 2.26. The van der Waals surface area contributed by atoms with Crippen molar-refractivity contribution >= 4 is 0 Å². The summed E-state index contributed by atoms with van der Waals surface area (Å²) < 4.78 is 5.85. The number of nitrogens with zero attached hydrogens (tertiary/aromatic N) is 3. The Morgan fingerprint density at radius 2 is 1.85 bits per heavy atom. The van der Waals surface area contributed by atoms with Crippen molar-refractivity contribution in [2.45, 2.75) is 32.0 Å². The van der Waals surface area contributed by atoms with E-state index >= 15 is 0 Å². The number of hydrogen-bond donors (Lipinski definition) is 0. The Hall–Kier alpha value is -2.35. The first-order chi connectivity index (χ1) is 12.7. The lowest BCUT2D eigenvalue weighted by Gasteiger charge is -2.41. The van der Waals surface area contributed by atoms with Crippen molar-refractivity contribution in [1.82, 2.24) is 9.80 Å². The second kappa shape index (κ2) is 8.84. The highest BCUT2D eigenvalue weighted by Gasteiger charge is 2.28. The maximum atomic E-state index is 9.74. The molecule has 1 heterocycles. The van der Waals surface area contributed by atoms with E-state index in [-0.39, 0.29) is 6.04 Å². The monoisotopic (exact) mass is 349 g/mol. The number of rotatable bonds is 6. The zero-order valence-electron chi connectivity index (χ0n) is 15.6. The van der Waals surface area contributed by atoms with Crippen molar-refractivity contribution in [1.29, 1.82) is 5.26 Å². The van der Waals surface area contributed by atoms with Crippen LogP contribution in [0.15, 0.2) is 54.6 Å². The third-order valence-electron chi connectivity index (χ3n) is 5.21. The van der Waals surface area contributed by atoms with Crippen molar-refractivity contribution in [3.63, 3.8) is 0 Å². The second-order valence-corrected chi connectivity index (χ2v) is 6.91. The minimum Gasteiger partial charge on any atom is -0.489 e. The van der Waals surface area contributed by atoms with Gasteiger partial charge < -0.3 is 9.64 Å². The Balaban J connectivity index is 1.63. The maximum Gasteiger partial charge on any atom is 0.123 e. The van der Waals surface area contributed by atoms with Gasteiger partial charge >= 0.3 is 0 Å². The Kier molecular flexibility index (Phi) is 6.27. The summed E-state index contributed by atoms with van der Waals surface area (Å²) in [4.78, 5) is 4.69. The van der Waals surface area contributed by atoms with Gasteiger partial charge in [-0.1, -0.05) is 49.4 Å². The number of hydrogen-bond acceptors (Lipinski definition) is 4.